The molecule has 1 aliphatic heterocycles. The summed E-state index contributed by atoms with van der Waals surface area (Å²) < 4.78 is 10.9. The smallest absolute Gasteiger partial charge is 0.260 e. The zero-order valence-electron chi connectivity index (χ0n) is 12.4. The molecule has 1 aromatic carbocycles. The number of hydrogen-bond acceptors (Lipinski definition) is 3. The van der Waals surface area contributed by atoms with Gasteiger partial charge < -0.3 is 14.4 Å². The van der Waals surface area contributed by atoms with Gasteiger partial charge in [-0.25, -0.2) is 0 Å². The van der Waals surface area contributed by atoms with Gasteiger partial charge in [-0.15, -0.1) is 0 Å². The van der Waals surface area contributed by atoms with E-state index in [2.05, 4.69) is 0 Å². The summed E-state index contributed by atoms with van der Waals surface area (Å²) in [7, 11) is 1.61. The topological polar surface area (TPSA) is 38.8 Å². The summed E-state index contributed by atoms with van der Waals surface area (Å²) in [6.45, 7) is 3.79. The summed E-state index contributed by atoms with van der Waals surface area (Å²) in [6.07, 6.45) is 4.63. The number of aryl methyl sites for hydroxylation is 1. The van der Waals surface area contributed by atoms with Crippen molar-refractivity contribution < 1.29 is 14.3 Å². The Balaban J connectivity index is 1.92. The van der Waals surface area contributed by atoms with Gasteiger partial charge in [-0.2, -0.15) is 0 Å². The third-order valence-electron chi connectivity index (χ3n) is 3.63. The van der Waals surface area contributed by atoms with E-state index in [9.17, 15) is 4.79 Å². The molecule has 0 radical (unpaired) electrons. The maximum Gasteiger partial charge on any atom is 0.260 e. The van der Waals surface area contributed by atoms with Crippen LogP contribution in [0.25, 0.3) is 0 Å². The molecule has 0 unspecified atom stereocenters. The van der Waals surface area contributed by atoms with Gasteiger partial charge in [0.05, 0.1) is 7.11 Å². The van der Waals surface area contributed by atoms with Crippen molar-refractivity contribution in [1.82, 2.24) is 4.90 Å². The van der Waals surface area contributed by atoms with Crippen LogP contribution in [0.15, 0.2) is 18.2 Å². The van der Waals surface area contributed by atoms with Gasteiger partial charge in [-0.1, -0.05) is 18.9 Å². The Hall–Kier alpha value is -1.71. The van der Waals surface area contributed by atoms with Gasteiger partial charge in [0.15, 0.2) is 18.1 Å². The molecule has 0 aliphatic carbocycles. The van der Waals surface area contributed by atoms with Crippen molar-refractivity contribution in [1.29, 1.82) is 0 Å². The zero-order valence-corrected chi connectivity index (χ0v) is 12.4. The van der Waals surface area contributed by atoms with Gasteiger partial charge in [0.1, 0.15) is 0 Å². The molecule has 110 valence electrons. The first-order chi connectivity index (χ1) is 9.70. The predicted octanol–water partition coefficient (Wildman–Crippen LogP) is 2.79. The molecule has 0 bridgehead atoms. The second-order valence-electron chi connectivity index (χ2n) is 5.24. The van der Waals surface area contributed by atoms with Crippen LogP contribution in [-0.4, -0.2) is 37.6 Å². The highest BCUT2D eigenvalue weighted by Gasteiger charge is 2.16. The molecule has 4 heteroatoms. The lowest BCUT2D eigenvalue weighted by molar-refractivity contribution is -0.133. The van der Waals surface area contributed by atoms with Crippen LogP contribution >= 0.6 is 0 Å². The number of nitrogens with zero attached hydrogens (tertiary/aromatic N) is 1. The minimum absolute atomic E-state index is 0.0644. The summed E-state index contributed by atoms with van der Waals surface area (Å²) in [5.74, 6) is 1.37. The van der Waals surface area contributed by atoms with Crippen molar-refractivity contribution in [2.75, 3.05) is 26.8 Å². The van der Waals surface area contributed by atoms with E-state index in [1.54, 1.807) is 7.11 Å². The van der Waals surface area contributed by atoms with Crippen LogP contribution in [0, 0.1) is 6.92 Å². The summed E-state index contributed by atoms with van der Waals surface area (Å²) in [4.78, 5) is 14.1. The molecule has 1 amide bonds. The molecule has 2 rings (SSSR count). The van der Waals surface area contributed by atoms with Gasteiger partial charge in [0, 0.05) is 13.1 Å². The zero-order chi connectivity index (χ0) is 14.4. The third kappa shape index (κ3) is 3.89. The average Bonchev–Trinajstić information content (AvgIpc) is 2.74. The summed E-state index contributed by atoms with van der Waals surface area (Å²) in [5, 5.41) is 0. The first kappa shape index (κ1) is 14.7. The summed E-state index contributed by atoms with van der Waals surface area (Å²) >= 11 is 0. The predicted molar refractivity (Wildman–Crippen MR) is 78.3 cm³/mol. The number of amides is 1. The van der Waals surface area contributed by atoms with E-state index in [1.807, 2.05) is 30.0 Å². The molecule has 1 aromatic rings. The number of rotatable bonds is 4. The van der Waals surface area contributed by atoms with E-state index in [0.29, 0.717) is 11.5 Å². The SMILES string of the molecule is COc1cc(C)ccc1OCC(=O)N1CCCCCC1. The highest BCUT2D eigenvalue weighted by molar-refractivity contribution is 5.77. The van der Waals surface area contributed by atoms with Gasteiger partial charge >= 0.3 is 0 Å². The van der Waals surface area contributed by atoms with E-state index in [4.69, 9.17) is 9.47 Å². The maximum atomic E-state index is 12.2. The number of methoxy groups -OCH3 is 1. The Morgan fingerprint density at radius 1 is 1.15 bits per heavy atom. The lowest BCUT2D eigenvalue weighted by atomic mass is 10.2. The molecule has 0 aromatic heterocycles. The van der Waals surface area contributed by atoms with Crippen LogP contribution in [0.1, 0.15) is 31.2 Å². The molecule has 0 spiro atoms. The first-order valence-electron chi connectivity index (χ1n) is 7.26. The molecule has 0 N–H and O–H groups in total. The number of likely N-dealkylation sites (tertiary alicyclic amines) is 1. The van der Waals surface area contributed by atoms with Crippen LogP contribution in [0.2, 0.25) is 0 Å². The first-order valence-corrected chi connectivity index (χ1v) is 7.26. The molecule has 0 saturated carbocycles. The molecular formula is C16H23NO3. The second kappa shape index (κ2) is 7.17. The van der Waals surface area contributed by atoms with E-state index >= 15 is 0 Å². The standard InChI is InChI=1S/C16H23NO3/c1-13-7-8-14(15(11-13)19-2)20-12-16(18)17-9-5-3-4-6-10-17/h7-8,11H,3-6,9-10,12H2,1-2H3. The summed E-state index contributed by atoms with van der Waals surface area (Å²) in [5.41, 5.74) is 1.10. The van der Waals surface area contributed by atoms with E-state index in [-0.39, 0.29) is 12.5 Å². The van der Waals surface area contributed by atoms with Crippen LogP contribution in [0.4, 0.5) is 0 Å². The molecular weight excluding hydrogens is 254 g/mol. The number of benzene rings is 1. The highest BCUT2D eigenvalue weighted by Crippen LogP contribution is 2.27. The molecule has 0 atom stereocenters. The van der Waals surface area contributed by atoms with E-state index < -0.39 is 0 Å². The van der Waals surface area contributed by atoms with Crippen molar-refractivity contribution >= 4 is 5.91 Å². The minimum atomic E-state index is 0.0644. The molecule has 1 aliphatic rings. The maximum absolute atomic E-state index is 12.2. The second-order valence-corrected chi connectivity index (χ2v) is 5.24. The van der Waals surface area contributed by atoms with Gasteiger partial charge in [0.2, 0.25) is 0 Å². The Kier molecular flexibility index (Phi) is 5.27. The fourth-order valence-electron chi connectivity index (χ4n) is 2.44. The summed E-state index contributed by atoms with van der Waals surface area (Å²) in [6, 6.07) is 5.71. The number of ether oxygens (including phenoxy) is 2. The number of carbonyl (C=O) groups is 1. The molecule has 4 nitrogen and oxygen atoms in total. The fraction of sp³-hybridized carbons (Fsp3) is 0.562. The van der Waals surface area contributed by atoms with Crippen molar-refractivity contribution in [2.24, 2.45) is 0 Å². The molecule has 1 saturated heterocycles. The van der Waals surface area contributed by atoms with Crippen molar-refractivity contribution in [3.63, 3.8) is 0 Å². The monoisotopic (exact) mass is 277 g/mol. The molecule has 20 heavy (non-hydrogen) atoms. The van der Waals surface area contributed by atoms with Crippen molar-refractivity contribution in [3.8, 4) is 11.5 Å². The Labute approximate surface area is 120 Å². The third-order valence-corrected chi connectivity index (χ3v) is 3.63. The normalized spacial score (nSPS) is 15.6. The Morgan fingerprint density at radius 3 is 2.50 bits per heavy atom. The minimum Gasteiger partial charge on any atom is -0.493 e. The van der Waals surface area contributed by atoms with Gasteiger partial charge in [-0.05, 0) is 37.5 Å². The van der Waals surface area contributed by atoms with Crippen molar-refractivity contribution in [3.05, 3.63) is 23.8 Å². The molecule has 1 fully saturated rings. The van der Waals surface area contributed by atoms with Crippen LogP contribution in [0.3, 0.4) is 0 Å². The Morgan fingerprint density at radius 2 is 1.85 bits per heavy atom. The number of hydrogen-bond donors (Lipinski definition) is 0. The fourth-order valence-corrected chi connectivity index (χ4v) is 2.44. The quantitative estimate of drug-likeness (QED) is 0.849. The van der Waals surface area contributed by atoms with E-state index in [0.717, 1.165) is 31.5 Å². The van der Waals surface area contributed by atoms with Crippen molar-refractivity contribution in [2.45, 2.75) is 32.6 Å². The number of carbonyl (C=O) groups excluding carboxylic acids is 1. The Bertz CT molecular complexity index is 451. The average molecular weight is 277 g/mol. The lowest BCUT2D eigenvalue weighted by Gasteiger charge is -2.20. The van der Waals surface area contributed by atoms with Crippen LogP contribution in [0.5, 0.6) is 11.5 Å². The van der Waals surface area contributed by atoms with Gasteiger partial charge in [-0.3, -0.25) is 4.79 Å². The largest absolute Gasteiger partial charge is 0.493 e. The van der Waals surface area contributed by atoms with Gasteiger partial charge in [0.25, 0.3) is 5.91 Å². The van der Waals surface area contributed by atoms with E-state index in [1.165, 1.54) is 12.8 Å². The molecule has 1 heterocycles. The van der Waals surface area contributed by atoms with Crippen LogP contribution in [-0.2, 0) is 4.79 Å². The lowest BCUT2D eigenvalue weighted by Crippen LogP contribution is -2.35. The highest BCUT2D eigenvalue weighted by atomic mass is 16.5. The van der Waals surface area contributed by atoms with Crippen LogP contribution < -0.4 is 9.47 Å².